The van der Waals surface area contributed by atoms with Gasteiger partial charge in [0.05, 0.1) is 11.6 Å². The average molecular weight is 332 g/mol. The lowest BCUT2D eigenvalue weighted by molar-refractivity contribution is -0.108. The largest absolute Gasteiger partial charge is 0.359 e. The summed E-state index contributed by atoms with van der Waals surface area (Å²) in [7, 11) is -1.14. The lowest BCUT2D eigenvalue weighted by Crippen LogP contribution is -2.26. The first-order valence-corrected chi connectivity index (χ1v) is 11.6. The minimum atomic E-state index is -1.14. The molecule has 0 saturated heterocycles. The van der Waals surface area contributed by atoms with Crippen LogP contribution in [-0.2, 0) is 16.3 Å². The Morgan fingerprint density at radius 1 is 1.30 bits per heavy atom. The SMILES string of the molecule is CC(C=O)c1cccc2c(=O)n(COCC[Si](C)(C)C)ncc12. The van der Waals surface area contributed by atoms with E-state index in [1.807, 2.05) is 13.0 Å². The normalized spacial score (nSPS) is 13.2. The molecule has 0 spiro atoms. The topological polar surface area (TPSA) is 61.2 Å². The minimum Gasteiger partial charge on any atom is -0.359 e. The summed E-state index contributed by atoms with van der Waals surface area (Å²) >= 11 is 0. The molecule has 1 aromatic carbocycles. The first-order valence-electron chi connectivity index (χ1n) is 7.85. The van der Waals surface area contributed by atoms with E-state index >= 15 is 0 Å². The van der Waals surface area contributed by atoms with E-state index in [1.165, 1.54) is 4.68 Å². The fourth-order valence-electron chi connectivity index (χ4n) is 2.32. The standard InChI is InChI=1S/C17H24N2O3Si/c1-13(11-20)14-6-5-7-15-16(14)10-18-19(17(15)21)12-22-8-9-23(2,3)4/h5-7,10-11,13H,8-9,12H2,1-4H3. The molecule has 0 fully saturated rings. The smallest absolute Gasteiger partial charge is 0.276 e. The van der Waals surface area contributed by atoms with Crippen LogP contribution in [0.2, 0.25) is 25.7 Å². The molecule has 5 nitrogen and oxygen atoms in total. The summed E-state index contributed by atoms with van der Waals surface area (Å²) in [6.45, 7) is 9.47. The Morgan fingerprint density at radius 2 is 2.04 bits per heavy atom. The van der Waals surface area contributed by atoms with Crippen molar-refractivity contribution in [3.8, 4) is 0 Å². The highest BCUT2D eigenvalue weighted by molar-refractivity contribution is 6.76. The second-order valence-electron chi connectivity index (χ2n) is 7.03. The van der Waals surface area contributed by atoms with Crippen molar-refractivity contribution in [3.63, 3.8) is 0 Å². The summed E-state index contributed by atoms with van der Waals surface area (Å²) in [5.74, 6) is -0.260. The third kappa shape index (κ3) is 4.36. The molecule has 0 aliphatic heterocycles. The summed E-state index contributed by atoms with van der Waals surface area (Å²) < 4.78 is 6.94. The van der Waals surface area contributed by atoms with Gasteiger partial charge in [-0.1, -0.05) is 38.7 Å². The molecule has 2 aromatic rings. The van der Waals surface area contributed by atoms with E-state index in [1.54, 1.807) is 18.3 Å². The fraction of sp³-hybridized carbons (Fsp3) is 0.471. The van der Waals surface area contributed by atoms with Crippen LogP contribution < -0.4 is 5.56 Å². The van der Waals surface area contributed by atoms with Crippen molar-refractivity contribution in [1.29, 1.82) is 0 Å². The Morgan fingerprint density at radius 3 is 2.70 bits per heavy atom. The summed E-state index contributed by atoms with van der Waals surface area (Å²) in [4.78, 5) is 23.6. The highest BCUT2D eigenvalue weighted by Crippen LogP contribution is 2.21. The van der Waals surface area contributed by atoms with Gasteiger partial charge in [0, 0.05) is 26.0 Å². The first kappa shape index (κ1) is 17.6. The predicted octanol–water partition coefficient (Wildman–Crippen LogP) is 3.01. The van der Waals surface area contributed by atoms with Gasteiger partial charge in [-0.05, 0) is 17.7 Å². The third-order valence-electron chi connectivity index (χ3n) is 3.84. The molecule has 0 radical (unpaired) electrons. The van der Waals surface area contributed by atoms with Crippen molar-refractivity contribution in [2.75, 3.05) is 6.61 Å². The molecule has 23 heavy (non-hydrogen) atoms. The molecule has 6 heteroatoms. The molecule has 0 N–H and O–H groups in total. The predicted molar refractivity (Wildman–Crippen MR) is 94.6 cm³/mol. The van der Waals surface area contributed by atoms with Gasteiger partial charge in [-0.3, -0.25) is 4.79 Å². The van der Waals surface area contributed by atoms with E-state index in [-0.39, 0.29) is 18.2 Å². The van der Waals surface area contributed by atoms with Gasteiger partial charge in [-0.2, -0.15) is 5.10 Å². The Kier molecular flexibility index (Phi) is 5.49. The van der Waals surface area contributed by atoms with Gasteiger partial charge in [0.2, 0.25) is 0 Å². The second kappa shape index (κ2) is 7.19. The van der Waals surface area contributed by atoms with Crippen LogP contribution in [0.4, 0.5) is 0 Å². The molecule has 0 amide bonds. The lowest BCUT2D eigenvalue weighted by atomic mass is 9.97. The molecule has 1 aromatic heterocycles. The van der Waals surface area contributed by atoms with E-state index < -0.39 is 8.07 Å². The quantitative estimate of drug-likeness (QED) is 0.444. The van der Waals surface area contributed by atoms with Gasteiger partial charge < -0.3 is 9.53 Å². The zero-order valence-corrected chi connectivity index (χ0v) is 15.2. The molecule has 0 saturated carbocycles. The number of nitrogens with zero attached hydrogens (tertiary/aromatic N) is 2. The molecular weight excluding hydrogens is 308 g/mol. The van der Waals surface area contributed by atoms with Crippen molar-refractivity contribution in [2.24, 2.45) is 0 Å². The van der Waals surface area contributed by atoms with Gasteiger partial charge in [-0.15, -0.1) is 0 Å². The summed E-state index contributed by atoms with van der Waals surface area (Å²) in [6.07, 6.45) is 2.52. The summed E-state index contributed by atoms with van der Waals surface area (Å²) in [5.41, 5.74) is 0.643. The second-order valence-corrected chi connectivity index (χ2v) is 12.7. The number of ether oxygens (including phenoxy) is 1. The van der Waals surface area contributed by atoms with Crippen LogP contribution in [0.25, 0.3) is 10.8 Å². The number of benzene rings is 1. The molecule has 2 rings (SSSR count). The third-order valence-corrected chi connectivity index (χ3v) is 5.54. The highest BCUT2D eigenvalue weighted by atomic mass is 28.3. The van der Waals surface area contributed by atoms with Crippen LogP contribution in [0.3, 0.4) is 0 Å². The zero-order chi connectivity index (χ0) is 17.0. The number of aldehydes is 1. The number of hydrogen-bond donors (Lipinski definition) is 0. The highest BCUT2D eigenvalue weighted by Gasteiger charge is 2.14. The van der Waals surface area contributed by atoms with Crippen LogP contribution in [0.1, 0.15) is 18.4 Å². The Balaban J connectivity index is 2.23. The molecular formula is C17H24N2O3Si. The Bertz CT molecular complexity index is 750. The molecule has 0 aliphatic carbocycles. The van der Waals surface area contributed by atoms with Gasteiger partial charge in [0.25, 0.3) is 5.56 Å². The Hall–Kier alpha value is -1.79. The minimum absolute atomic E-state index is 0.159. The lowest BCUT2D eigenvalue weighted by Gasteiger charge is -2.15. The van der Waals surface area contributed by atoms with Crippen LogP contribution in [0.5, 0.6) is 0 Å². The van der Waals surface area contributed by atoms with Gasteiger partial charge >= 0.3 is 0 Å². The van der Waals surface area contributed by atoms with Crippen molar-refractivity contribution in [2.45, 2.75) is 45.3 Å². The van der Waals surface area contributed by atoms with Crippen molar-refractivity contribution < 1.29 is 9.53 Å². The molecule has 0 bridgehead atoms. The van der Waals surface area contributed by atoms with E-state index in [9.17, 15) is 9.59 Å². The van der Waals surface area contributed by atoms with Crippen molar-refractivity contribution >= 4 is 25.1 Å². The Labute approximate surface area is 137 Å². The van der Waals surface area contributed by atoms with E-state index in [0.717, 1.165) is 23.3 Å². The maximum absolute atomic E-state index is 12.5. The number of hydrogen-bond acceptors (Lipinski definition) is 4. The number of rotatable bonds is 7. The first-order chi connectivity index (χ1) is 10.8. The van der Waals surface area contributed by atoms with E-state index in [2.05, 4.69) is 24.7 Å². The maximum Gasteiger partial charge on any atom is 0.276 e. The molecule has 1 unspecified atom stereocenters. The molecule has 124 valence electrons. The monoisotopic (exact) mass is 332 g/mol. The van der Waals surface area contributed by atoms with Gasteiger partial charge in [0.1, 0.15) is 13.0 Å². The van der Waals surface area contributed by atoms with Gasteiger partial charge in [0.15, 0.2) is 0 Å². The number of carbonyl (C=O) groups is 1. The van der Waals surface area contributed by atoms with Crippen LogP contribution in [-0.4, -0.2) is 30.7 Å². The number of aromatic nitrogens is 2. The summed E-state index contributed by atoms with van der Waals surface area (Å²) in [6, 6.07) is 6.47. The van der Waals surface area contributed by atoms with Crippen LogP contribution in [0.15, 0.2) is 29.2 Å². The molecule has 0 aliphatic rings. The summed E-state index contributed by atoms with van der Waals surface area (Å²) in [5, 5.41) is 5.49. The number of carbonyl (C=O) groups excluding carboxylic acids is 1. The van der Waals surface area contributed by atoms with Crippen molar-refractivity contribution in [3.05, 3.63) is 40.3 Å². The molecule has 1 atom stereocenters. The average Bonchev–Trinajstić information content (AvgIpc) is 2.51. The van der Waals surface area contributed by atoms with Gasteiger partial charge in [-0.25, -0.2) is 4.68 Å². The van der Waals surface area contributed by atoms with Crippen LogP contribution >= 0.6 is 0 Å². The van der Waals surface area contributed by atoms with E-state index in [0.29, 0.717) is 12.0 Å². The van der Waals surface area contributed by atoms with E-state index in [4.69, 9.17) is 4.74 Å². The maximum atomic E-state index is 12.5. The van der Waals surface area contributed by atoms with Crippen LogP contribution in [0, 0.1) is 0 Å². The zero-order valence-electron chi connectivity index (χ0n) is 14.2. The van der Waals surface area contributed by atoms with Crippen molar-refractivity contribution in [1.82, 2.24) is 9.78 Å². The molecule has 1 heterocycles. The fourth-order valence-corrected chi connectivity index (χ4v) is 3.08. The number of fused-ring (bicyclic) bond motifs is 1.